The molecule has 0 amide bonds. The molecule has 1 rings (SSSR count). The van der Waals surface area contributed by atoms with Gasteiger partial charge in [0, 0.05) is 19.3 Å². The van der Waals surface area contributed by atoms with E-state index in [1.807, 2.05) is 12.5 Å². The van der Waals surface area contributed by atoms with Crippen LogP contribution in [0.15, 0.2) is 12.5 Å². The Kier molecular flexibility index (Phi) is 5.56. The van der Waals surface area contributed by atoms with Gasteiger partial charge in [-0.05, 0) is 13.3 Å². The molecule has 0 aliphatic carbocycles. The third-order valence-corrected chi connectivity index (χ3v) is 2.14. The maximum Gasteiger partial charge on any atom is 0.319 e. The average Bonchev–Trinajstić information content (AvgIpc) is 2.67. The zero-order valence-corrected chi connectivity index (χ0v) is 9.90. The van der Waals surface area contributed by atoms with Crippen LogP contribution in [0.4, 0.5) is 0 Å². The van der Waals surface area contributed by atoms with Gasteiger partial charge in [0.2, 0.25) is 0 Å². The van der Waals surface area contributed by atoms with Crippen LogP contribution in [0, 0.1) is 0 Å². The molecule has 0 saturated heterocycles. The number of nitrogens with one attached hydrogen (secondary N) is 1. The zero-order valence-electron chi connectivity index (χ0n) is 9.90. The van der Waals surface area contributed by atoms with Crippen molar-refractivity contribution >= 4 is 5.97 Å². The maximum atomic E-state index is 11.1. The molecule has 0 unspecified atom stereocenters. The van der Waals surface area contributed by atoms with Crippen LogP contribution in [-0.2, 0) is 22.6 Å². The summed E-state index contributed by atoms with van der Waals surface area (Å²) in [7, 11) is 0. The second-order valence-electron chi connectivity index (χ2n) is 3.49. The van der Waals surface area contributed by atoms with Crippen molar-refractivity contribution in [3.05, 3.63) is 18.2 Å². The van der Waals surface area contributed by atoms with Crippen LogP contribution in [0.25, 0.3) is 0 Å². The predicted molar refractivity (Wildman–Crippen MR) is 60.9 cm³/mol. The van der Waals surface area contributed by atoms with E-state index < -0.39 is 0 Å². The van der Waals surface area contributed by atoms with Crippen LogP contribution in [0.5, 0.6) is 0 Å². The SMILES string of the molecule is CCCn1cncc1CNCC(=O)OCC. The molecule has 0 aliphatic rings. The van der Waals surface area contributed by atoms with Gasteiger partial charge in [-0.1, -0.05) is 6.92 Å². The Bertz CT molecular complexity index is 323. The summed E-state index contributed by atoms with van der Waals surface area (Å²) in [6, 6.07) is 0. The molecule has 0 aliphatic heterocycles. The molecule has 0 radical (unpaired) electrons. The highest BCUT2D eigenvalue weighted by atomic mass is 16.5. The lowest BCUT2D eigenvalue weighted by atomic mass is 10.4. The van der Waals surface area contributed by atoms with Crippen molar-refractivity contribution in [3.63, 3.8) is 0 Å². The molecule has 16 heavy (non-hydrogen) atoms. The minimum atomic E-state index is -0.218. The van der Waals surface area contributed by atoms with Crippen molar-refractivity contribution in [1.82, 2.24) is 14.9 Å². The van der Waals surface area contributed by atoms with Crippen LogP contribution in [0.1, 0.15) is 26.0 Å². The third-order valence-electron chi connectivity index (χ3n) is 2.14. The van der Waals surface area contributed by atoms with Gasteiger partial charge >= 0.3 is 5.97 Å². The van der Waals surface area contributed by atoms with E-state index in [4.69, 9.17) is 4.74 Å². The molecule has 1 aromatic rings. The van der Waals surface area contributed by atoms with Crippen molar-refractivity contribution < 1.29 is 9.53 Å². The fourth-order valence-electron chi connectivity index (χ4n) is 1.44. The van der Waals surface area contributed by atoms with Crippen molar-refractivity contribution in [2.24, 2.45) is 0 Å². The summed E-state index contributed by atoms with van der Waals surface area (Å²) in [5.74, 6) is -0.218. The second kappa shape index (κ2) is 7.00. The minimum absolute atomic E-state index is 0.218. The van der Waals surface area contributed by atoms with Gasteiger partial charge in [0.05, 0.1) is 25.2 Å². The normalized spacial score (nSPS) is 10.4. The second-order valence-corrected chi connectivity index (χ2v) is 3.49. The first kappa shape index (κ1) is 12.7. The van der Waals surface area contributed by atoms with Gasteiger partial charge < -0.3 is 14.6 Å². The first-order chi connectivity index (χ1) is 7.77. The number of imidazole rings is 1. The maximum absolute atomic E-state index is 11.1. The van der Waals surface area contributed by atoms with E-state index >= 15 is 0 Å². The number of nitrogens with zero attached hydrogens (tertiary/aromatic N) is 2. The summed E-state index contributed by atoms with van der Waals surface area (Å²) in [5.41, 5.74) is 1.09. The Hall–Kier alpha value is -1.36. The highest BCUT2D eigenvalue weighted by Crippen LogP contribution is 1.99. The van der Waals surface area contributed by atoms with Crippen molar-refractivity contribution in [1.29, 1.82) is 0 Å². The molecular weight excluding hydrogens is 206 g/mol. The van der Waals surface area contributed by atoms with E-state index in [1.54, 1.807) is 6.92 Å². The fourth-order valence-corrected chi connectivity index (χ4v) is 1.44. The van der Waals surface area contributed by atoms with Crippen LogP contribution in [0.2, 0.25) is 0 Å². The lowest BCUT2D eigenvalue weighted by Crippen LogP contribution is -2.25. The molecule has 0 spiro atoms. The number of aromatic nitrogens is 2. The monoisotopic (exact) mass is 225 g/mol. The highest BCUT2D eigenvalue weighted by molar-refractivity contribution is 5.71. The molecule has 0 bridgehead atoms. The Morgan fingerprint density at radius 2 is 2.38 bits per heavy atom. The van der Waals surface area contributed by atoms with Gasteiger partial charge in [-0.15, -0.1) is 0 Å². The molecule has 0 atom stereocenters. The topological polar surface area (TPSA) is 56.2 Å². The van der Waals surface area contributed by atoms with Crippen molar-refractivity contribution in [2.45, 2.75) is 33.4 Å². The number of carbonyl (C=O) groups is 1. The third kappa shape index (κ3) is 4.02. The van der Waals surface area contributed by atoms with Gasteiger partial charge in [0.15, 0.2) is 0 Å². The molecular formula is C11H19N3O2. The standard InChI is InChI=1S/C11H19N3O2/c1-3-5-14-9-13-7-10(14)6-12-8-11(15)16-4-2/h7,9,12H,3-6,8H2,1-2H3. The number of rotatable bonds is 7. The van der Waals surface area contributed by atoms with Gasteiger partial charge in [0.1, 0.15) is 0 Å². The number of carbonyl (C=O) groups excluding carboxylic acids is 1. The summed E-state index contributed by atoms with van der Waals surface area (Å²) in [6.07, 6.45) is 4.69. The van der Waals surface area contributed by atoms with E-state index in [1.165, 1.54) is 0 Å². The Morgan fingerprint density at radius 3 is 3.06 bits per heavy atom. The van der Waals surface area contributed by atoms with Gasteiger partial charge in [0.25, 0.3) is 0 Å². The van der Waals surface area contributed by atoms with Crippen LogP contribution in [-0.4, -0.2) is 28.7 Å². The molecule has 0 fully saturated rings. The Labute approximate surface area is 95.8 Å². The predicted octanol–water partition coefficient (Wildman–Crippen LogP) is 0.946. The van der Waals surface area contributed by atoms with Crippen molar-refractivity contribution in [2.75, 3.05) is 13.2 Å². The summed E-state index contributed by atoms with van der Waals surface area (Å²) < 4.78 is 6.90. The number of esters is 1. The van der Waals surface area contributed by atoms with E-state index in [-0.39, 0.29) is 12.5 Å². The number of hydrogen-bond acceptors (Lipinski definition) is 4. The lowest BCUT2D eigenvalue weighted by molar-refractivity contribution is -0.142. The number of hydrogen-bond donors (Lipinski definition) is 1. The molecule has 1 heterocycles. The van der Waals surface area contributed by atoms with Gasteiger partial charge in [-0.25, -0.2) is 4.98 Å². The Balaban J connectivity index is 2.31. The fraction of sp³-hybridized carbons (Fsp3) is 0.636. The summed E-state index contributed by atoms with van der Waals surface area (Å²) in [6.45, 7) is 6.18. The summed E-state index contributed by atoms with van der Waals surface area (Å²) in [4.78, 5) is 15.2. The van der Waals surface area contributed by atoms with Crippen LogP contribution < -0.4 is 5.32 Å². The van der Waals surface area contributed by atoms with E-state index in [9.17, 15) is 4.79 Å². The van der Waals surface area contributed by atoms with Gasteiger partial charge in [-0.3, -0.25) is 4.79 Å². The van der Waals surface area contributed by atoms with Gasteiger partial charge in [-0.2, -0.15) is 0 Å². The van der Waals surface area contributed by atoms with E-state index in [2.05, 4.69) is 21.8 Å². The Morgan fingerprint density at radius 1 is 1.56 bits per heavy atom. The van der Waals surface area contributed by atoms with Crippen molar-refractivity contribution in [3.8, 4) is 0 Å². The molecule has 0 aromatic carbocycles. The molecule has 5 nitrogen and oxygen atoms in total. The van der Waals surface area contributed by atoms with Crippen LogP contribution >= 0.6 is 0 Å². The minimum Gasteiger partial charge on any atom is -0.465 e. The van der Waals surface area contributed by atoms with E-state index in [0.29, 0.717) is 13.2 Å². The average molecular weight is 225 g/mol. The summed E-state index contributed by atoms with van der Waals surface area (Å²) >= 11 is 0. The quantitative estimate of drug-likeness (QED) is 0.702. The molecule has 0 saturated carbocycles. The largest absolute Gasteiger partial charge is 0.465 e. The molecule has 1 aromatic heterocycles. The highest BCUT2D eigenvalue weighted by Gasteiger charge is 2.03. The zero-order chi connectivity index (χ0) is 11.8. The first-order valence-corrected chi connectivity index (χ1v) is 5.63. The molecule has 5 heteroatoms. The number of ether oxygens (including phenoxy) is 1. The molecule has 90 valence electrons. The molecule has 1 N–H and O–H groups in total. The van der Waals surface area contributed by atoms with E-state index in [0.717, 1.165) is 18.7 Å². The van der Waals surface area contributed by atoms with Crippen LogP contribution in [0.3, 0.4) is 0 Å². The first-order valence-electron chi connectivity index (χ1n) is 5.63. The number of aryl methyl sites for hydroxylation is 1. The lowest BCUT2D eigenvalue weighted by Gasteiger charge is -2.07. The summed E-state index contributed by atoms with van der Waals surface area (Å²) in [5, 5.41) is 3.04. The smallest absolute Gasteiger partial charge is 0.319 e.